The fraction of sp³-hybridized carbons (Fsp3) is 0. The standard InChI is InChI=1S/C16H8Cl3IN2O/c17-9-2-1-8(13(19)6-9)5-14-16(23)22-15(21-14)11-7-10(20)3-4-12(11)18/h1-7H,(H,21,22,23)/b14-5+. The summed E-state index contributed by atoms with van der Waals surface area (Å²) in [7, 11) is 0. The molecule has 0 saturated heterocycles. The molecule has 0 aliphatic carbocycles. The Hall–Kier alpha value is -1.08. The van der Waals surface area contributed by atoms with Gasteiger partial charge >= 0.3 is 0 Å². The van der Waals surface area contributed by atoms with Gasteiger partial charge in [-0.05, 0) is 64.6 Å². The van der Waals surface area contributed by atoms with Gasteiger partial charge in [0.15, 0.2) is 0 Å². The number of carbonyl (C=O) groups is 1. The number of nitrogens with one attached hydrogen (secondary N) is 1. The number of hydrogen-bond donors (Lipinski definition) is 1. The molecule has 0 bridgehead atoms. The predicted molar refractivity (Wildman–Crippen MR) is 103 cm³/mol. The Morgan fingerprint density at radius 2 is 1.83 bits per heavy atom. The maximum absolute atomic E-state index is 12.1. The van der Waals surface area contributed by atoms with Crippen molar-refractivity contribution in [3.05, 3.63) is 71.9 Å². The van der Waals surface area contributed by atoms with Gasteiger partial charge in [0, 0.05) is 19.2 Å². The molecule has 0 radical (unpaired) electrons. The van der Waals surface area contributed by atoms with Crippen LogP contribution in [0, 0.1) is 3.57 Å². The van der Waals surface area contributed by atoms with E-state index < -0.39 is 0 Å². The van der Waals surface area contributed by atoms with E-state index in [1.165, 1.54) is 0 Å². The summed E-state index contributed by atoms with van der Waals surface area (Å²) in [5.41, 5.74) is 1.61. The van der Waals surface area contributed by atoms with Gasteiger partial charge in [0.1, 0.15) is 11.5 Å². The highest BCUT2D eigenvalue weighted by Crippen LogP contribution is 2.26. The van der Waals surface area contributed by atoms with E-state index in [0.29, 0.717) is 32.0 Å². The first kappa shape index (κ1) is 16.8. The van der Waals surface area contributed by atoms with Gasteiger partial charge in [-0.2, -0.15) is 0 Å². The zero-order valence-corrected chi connectivity index (χ0v) is 15.8. The lowest BCUT2D eigenvalue weighted by Gasteiger charge is -2.03. The molecule has 0 aromatic heterocycles. The van der Waals surface area contributed by atoms with Crippen molar-refractivity contribution >= 4 is 75.2 Å². The lowest BCUT2D eigenvalue weighted by atomic mass is 10.2. The minimum atomic E-state index is -0.305. The van der Waals surface area contributed by atoms with Crippen LogP contribution in [0.3, 0.4) is 0 Å². The van der Waals surface area contributed by atoms with Crippen molar-refractivity contribution in [1.82, 2.24) is 5.32 Å². The molecular formula is C16H8Cl3IN2O. The molecule has 0 fully saturated rings. The van der Waals surface area contributed by atoms with Crippen molar-refractivity contribution < 1.29 is 4.79 Å². The van der Waals surface area contributed by atoms with E-state index in [-0.39, 0.29) is 11.6 Å². The summed E-state index contributed by atoms with van der Waals surface area (Å²) in [6.07, 6.45) is 1.61. The van der Waals surface area contributed by atoms with Crippen LogP contribution in [0.1, 0.15) is 11.1 Å². The molecule has 0 saturated carbocycles. The van der Waals surface area contributed by atoms with E-state index in [0.717, 1.165) is 3.57 Å². The fourth-order valence-corrected chi connectivity index (χ4v) is 3.20. The second-order valence-electron chi connectivity index (χ2n) is 4.73. The number of hydrogen-bond acceptors (Lipinski definition) is 2. The van der Waals surface area contributed by atoms with E-state index in [1.54, 1.807) is 30.3 Å². The molecule has 7 heteroatoms. The van der Waals surface area contributed by atoms with E-state index in [2.05, 4.69) is 32.9 Å². The van der Waals surface area contributed by atoms with Crippen LogP contribution < -0.4 is 5.32 Å². The minimum absolute atomic E-state index is 0.263. The molecule has 0 atom stereocenters. The first-order chi connectivity index (χ1) is 10.9. The maximum Gasteiger partial charge on any atom is 0.275 e. The average Bonchev–Trinajstić information content (AvgIpc) is 2.85. The molecule has 23 heavy (non-hydrogen) atoms. The van der Waals surface area contributed by atoms with Gasteiger partial charge in [-0.1, -0.05) is 40.9 Å². The molecule has 3 rings (SSSR count). The van der Waals surface area contributed by atoms with Crippen LogP contribution in [0.4, 0.5) is 0 Å². The normalized spacial score (nSPS) is 15.7. The molecule has 116 valence electrons. The highest BCUT2D eigenvalue weighted by molar-refractivity contribution is 14.1. The second kappa shape index (κ2) is 6.81. The lowest BCUT2D eigenvalue weighted by molar-refractivity contribution is -0.115. The zero-order chi connectivity index (χ0) is 16.6. The minimum Gasteiger partial charge on any atom is -0.305 e. The summed E-state index contributed by atoms with van der Waals surface area (Å²) in [6, 6.07) is 10.6. The van der Waals surface area contributed by atoms with E-state index in [1.807, 2.05) is 12.1 Å². The van der Waals surface area contributed by atoms with Crippen LogP contribution in [0.5, 0.6) is 0 Å². The summed E-state index contributed by atoms with van der Waals surface area (Å²) in [4.78, 5) is 16.5. The lowest BCUT2D eigenvalue weighted by Crippen LogP contribution is -2.25. The monoisotopic (exact) mass is 476 g/mol. The van der Waals surface area contributed by atoms with Crippen LogP contribution in [0.15, 0.2) is 47.1 Å². The summed E-state index contributed by atoms with van der Waals surface area (Å²) in [6.45, 7) is 0. The smallest absolute Gasteiger partial charge is 0.275 e. The maximum atomic E-state index is 12.1. The average molecular weight is 478 g/mol. The fourth-order valence-electron chi connectivity index (χ4n) is 2.04. The van der Waals surface area contributed by atoms with Crippen molar-refractivity contribution in [3.63, 3.8) is 0 Å². The molecule has 2 aromatic carbocycles. The molecule has 1 aliphatic heterocycles. The first-order valence-electron chi connectivity index (χ1n) is 6.46. The van der Waals surface area contributed by atoms with Crippen molar-refractivity contribution in [2.24, 2.45) is 4.99 Å². The Kier molecular flexibility index (Phi) is 4.96. The molecule has 3 nitrogen and oxygen atoms in total. The Labute approximate surface area is 161 Å². The van der Waals surface area contributed by atoms with Gasteiger partial charge in [-0.25, -0.2) is 4.99 Å². The first-order valence-corrected chi connectivity index (χ1v) is 8.67. The van der Waals surface area contributed by atoms with Crippen LogP contribution >= 0.6 is 57.4 Å². The number of rotatable bonds is 2. The van der Waals surface area contributed by atoms with Crippen LogP contribution in [0.2, 0.25) is 15.1 Å². The van der Waals surface area contributed by atoms with Crippen molar-refractivity contribution in [1.29, 1.82) is 0 Å². The summed E-state index contributed by atoms with van der Waals surface area (Å²) in [5.74, 6) is 0.121. The Bertz CT molecular complexity index is 878. The van der Waals surface area contributed by atoms with E-state index in [9.17, 15) is 4.79 Å². The third-order valence-electron chi connectivity index (χ3n) is 3.14. The number of aliphatic imine (C=N–C) groups is 1. The Balaban J connectivity index is 2.01. The molecule has 1 amide bonds. The molecule has 1 aliphatic rings. The highest BCUT2D eigenvalue weighted by Gasteiger charge is 2.23. The number of amides is 1. The predicted octanol–water partition coefficient (Wildman–Crippen LogP) is 5.17. The third-order valence-corrected chi connectivity index (χ3v) is 4.70. The van der Waals surface area contributed by atoms with Gasteiger partial charge in [0.05, 0.1) is 5.02 Å². The largest absolute Gasteiger partial charge is 0.305 e. The molecule has 2 aromatic rings. The molecule has 1 heterocycles. The van der Waals surface area contributed by atoms with Gasteiger partial charge < -0.3 is 5.32 Å². The highest BCUT2D eigenvalue weighted by atomic mass is 127. The van der Waals surface area contributed by atoms with E-state index in [4.69, 9.17) is 34.8 Å². The van der Waals surface area contributed by atoms with Crippen molar-refractivity contribution in [3.8, 4) is 0 Å². The van der Waals surface area contributed by atoms with Crippen LogP contribution in [-0.2, 0) is 4.79 Å². The number of benzene rings is 2. The number of nitrogens with zero attached hydrogens (tertiary/aromatic N) is 1. The van der Waals surface area contributed by atoms with E-state index >= 15 is 0 Å². The number of halogens is 4. The quantitative estimate of drug-likeness (QED) is 0.471. The Morgan fingerprint density at radius 1 is 1.04 bits per heavy atom. The zero-order valence-electron chi connectivity index (χ0n) is 11.4. The van der Waals surface area contributed by atoms with Gasteiger partial charge in [0.2, 0.25) is 0 Å². The number of carbonyl (C=O) groups excluding carboxylic acids is 1. The topological polar surface area (TPSA) is 41.5 Å². The van der Waals surface area contributed by atoms with Crippen LogP contribution in [-0.4, -0.2) is 11.7 Å². The third kappa shape index (κ3) is 3.71. The Morgan fingerprint density at radius 3 is 2.57 bits per heavy atom. The van der Waals surface area contributed by atoms with Crippen molar-refractivity contribution in [2.45, 2.75) is 0 Å². The van der Waals surface area contributed by atoms with Crippen molar-refractivity contribution in [2.75, 3.05) is 0 Å². The second-order valence-corrected chi connectivity index (χ2v) is 7.23. The molecule has 0 spiro atoms. The summed E-state index contributed by atoms with van der Waals surface area (Å²) < 4.78 is 0.997. The van der Waals surface area contributed by atoms with Crippen LogP contribution in [0.25, 0.3) is 6.08 Å². The molecule has 0 unspecified atom stereocenters. The molecule has 1 N–H and O–H groups in total. The SMILES string of the molecule is O=C1NC(c2cc(I)ccc2Cl)=N/C1=C/c1ccc(Cl)cc1Cl. The summed E-state index contributed by atoms with van der Waals surface area (Å²) >= 11 is 20.4. The summed E-state index contributed by atoms with van der Waals surface area (Å²) in [5, 5.41) is 4.23. The van der Waals surface area contributed by atoms with Gasteiger partial charge in [-0.3, -0.25) is 4.79 Å². The van der Waals surface area contributed by atoms with Gasteiger partial charge in [0.25, 0.3) is 5.91 Å². The van der Waals surface area contributed by atoms with Gasteiger partial charge in [-0.15, -0.1) is 0 Å². The number of amidine groups is 1. The molecular weight excluding hydrogens is 469 g/mol.